The molecule has 0 amide bonds. The Labute approximate surface area is 110 Å². The van der Waals surface area contributed by atoms with Gasteiger partial charge in [0.25, 0.3) is 5.69 Å². The van der Waals surface area contributed by atoms with Crippen LogP contribution < -0.4 is 0 Å². The van der Waals surface area contributed by atoms with Crippen molar-refractivity contribution in [2.45, 2.75) is 19.8 Å². The van der Waals surface area contributed by atoms with E-state index in [0.717, 1.165) is 5.69 Å². The van der Waals surface area contributed by atoms with E-state index in [9.17, 15) is 10.1 Å². The van der Waals surface area contributed by atoms with Gasteiger partial charge >= 0.3 is 0 Å². The molecule has 0 N–H and O–H groups in total. The molecule has 0 saturated carbocycles. The van der Waals surface area contributed by atoms with Crippen molar-refractivity contribution in [2.24, 2.45) is 0 Å². The Morgan fingerprint density at radius 2 is 2.16 bits per heavy atom. The topological polar surface area (TPSA) is 84.7 Å². The summed E-state index contributed by atoms with van der Waals surface area (Å²) in [7, 11) is 0. The van der Waals surface area contributed by atoms with Crippen LogP contribution in [0, 0.1) is 21.4 Å². The lowest BCUT2D eigenvalue weighted by atomic mass is 10.1. The van der Waals surface area contributed by atoms with Gasteiger partial charge in [-0.1, -0.05) is 13.8 Å². The van der Waals surface area contributed by atoms with Crippen molar-refractivity contribution in [1.82, 2.24) is 9.78 Å². The number of rotatable bonds is 3. The SMILES string of the molecule is CC(C)c1ccn(-c2ccc([N+](=O)[O-])cc2C#N)n1. The highest BCUT2D eigenvalue weighted by molar-refractivity contribution is 5.54. The monoisotopic (exact) mass is 256 g/mol. The van der Waals surface area contributed by atoms with Crippen LogP contribution in [0.25, 0.3) is 5.69 Å². The molecule has 0 unspecified atom stereocenters. The molecular formula is C13H12N4O2. The maximum atomic E-state index is 10.7. The van der Waals surface area contributed by atoms with Gasteiger partial charge in [-0.25, -0.2) is 4.68 Å². The first-order chi connectivity index (χ1) is 9.02. The van der Waals surface area contributed by atoms with E-state index < -0.39 is 4.92 Å². The largest absolute Gasteiger partial charge is 0.270 e. The van der Waals surface area contributed by atoms with Crippen molar-refractivity contribution in [2.75, 3.05) is 0 Å². The zero-order valence-corrected chi connectivity index (χ0v) is 10.6. The number of hydrogen-bond donors (Lipinski definition) is 0. The van der Waals surface area contributed by atoms with Gasteiger partial charge in [0.1, 0.15) is 6.07 Å². The lowest BCUT2D eigenvalue weighted by Crippen LogP contribution is -2.01. The zero-order valence-electron chi connectivity index (χ0n) is 10.6. The van der Waals surface area contributed by atoms with Gasteiger partial charge in [-0.3, -0.25) is 10.1 Å². The Morgan fingerprint density at radius 3 is 2.68 bits per heavy atom. The van der Waals surface area contributed by atoms with Crippen LogP contribution in [-0.2, 0) is 0 Å². The van der Waals surface area contributed by atoms with Crippen molar-refractivity contribution < 1.29 is 4.92 Å². The molecule has 0 saturated heterocycles. The summed E-state index contributed by atoms with van der Waals surface area (Å²) < 4.78 is 1.57. The molecule has 96 valence electrons. The average molecular weight is 256 g/mol. The Hall–Kier alpha value is -2.68. The van der Waals surface area contributed by atoms with Crippen molar-refractivity contribution in [3.63, 3.8) is 0 Å². The summed E-state index contributed by atoms with van der Waals surface area (Å²) in [6, 6.07) is 7.99. The van der Waals surface area contributed by atoms with Gasteiger partial charge in [-0.05, 0) is 18.1 Å². The van der Waals surface area contributed by atoms with Gasteiger partial charge in [0.2, 0.25) is 0 Å². The predicted molar refractivity (Wildman–Crippen MR) is 69.0 cm³/mol. The summed E-state index contributed by atoms with van der Waals surface area (Å²) in [5, 5.41) is 24.1. The summed E-state index contributed by atoms with van der Waals surface area (Å²) in [5.41, 5.74) is 1.58. The zero-order chi connectivity index (χ0) is 14.0. The van der Waals surface area contributed by atoms with E-state index >= 15 is 0 Å². The molecule has 1 heterocycles. The standard InChI is InChI=1S/C13H12N4O2/c1-9(2)12-5-6-16(15-12)13-4-3-11(17(18)19)7-10(13)8-14/h3-7,9H,1-2H3. The molecule has 0 atom stereocenters. The van der Waals surface area contributed by atoms with Crippen LogP contribution >= 0.6 is 0 Å². The third kappa shape index (κ3) is 2.45. The van der Waals surface area contributed by atoms with E-state index in [1.165, 1.54) is 18.2 Å². The number of nitrogens with zero attached hydrogens (tertiary/aromatic N) is 4. The minimum absolute atomic E-state index is 0.100. The quantitative estimate of drug-likeness (QED) is 0.624. The van der Waals surface area contributed by atoms with Crippen molar-refractivity contribution >= 4 is 5.69 Å². The molecule has 19 heavy (non-hydrogen) atoms. The number of aromatic nitrogens is 2. The minimum atomic E-state index is -0.521. The van der Waals surface area contributed by atoms with Gasteiger partial charge in [-0.15, -0.1) is 0 Å². The Bertz CT molecular complexity index is 668. The number of non-ortho nitro benzene ring substituents is 1. The van der Waals surface area contributed by atoms with E-state index in [1.807, 2.05) is 26.0 Å². The average Bonchev–Trinajstić information content (AvgIpc) is 2.87. The fourth-order valence-corrected chi connectivity index (χ4v) is 1.71. The van der Waals surface area contributed by atoms with Crippen LogP contribution in [0.3, 0.4) is 0 Å². The molecular weight excluding hydrogens is 244 g/mol. The van der Waals surface area contributed by atoms with Gasteiger partial charge in [0, 0.05) is 18.3 Å². The number of nitriles is 1. The molecule has 0 radical (unpaired) electrons. The molecule has 1 aromatic heterocycles. The van der Waals surface area contributed by atoms with Crippen LogP contribution in [0.2, 0.25) is 0 Å². The smallest absolute Gasteiger partial charge is 0.258 e. The van der Waals surface area contributed by atoms with Gasteiger partial charge < -0.3 is 0 Å². The fourth-order valence-electron chi connectivity index (χ4n) is 1.71. The molecule has 0 aliphatic heterocycles. The third-order valence-electron chi connectivity index (χ3n) is 2.76. The Morgan fingerprint density at radius 1 is 1.42 bits per heavy atom. The van der Waals surface area contributed by atoms with Crippen LogP contribution in [0.1, 0.15) is 31.0 Å². The van der Waals surface area contributed by atoms with Gasteiger partial charge in [0.15, 0.2) is 0 Å². The molecule has 1 aromatic carbocycles. The summed E-state index contributed by atoms with van der Waals surface area (Å²) in [4.78, 5) is 10.2. The molecule has 6 nitrogen and oxygen atoms in total. The highest BCUT2D eigenvalue weighted by Gasteiger charge is 2.13. The molecule has 0 aliphatic rings. The fraction of sp³-hybridized carbons (Fsp3) is 0.231. The summed E-state index contributed by atoms with van der Waals surface area (Å²) in [5.74, 6) is 0.282. The maximum Gasteiger partial charge on any atom is 0.270 e. The number of nitro benzene ring substituents is 1. The van der Waals surface area contributed by atoms with E-state index in [-0.39, 0.29) is 17.2 Å². The molecule has 2 rings (SSSR count). The normalized spacial score (nSPS) is 10.4. The Balaban J connectivity index is 2.50. The minimum Gasteiger partial charge on any atom is -0.258 e. The second kappa shape index (κ2) is 4.90. The number of benzene rings is 1. The number of nitro groups is 1. The van der Waals surface area contributed by atoms with Gasteiger partial charge in [0.05, 0.1) is 21.9 Å². The van der Waals surface area contributed by atoms with Crippen LogP contribution in [0.15, 0.2) is 30.5 Å². The van der Waals surface area contributed by atoms with Crippen molar-refractivity contribution in [3.05, 3.63) is 51.8 Å². The first-order valence-corrected chi connectivity index (χ1v) is 5.77. The van der Waals surface area contributed by atoms with E-state index in [1.54, 1.807) is 10.9 Å². The highest BCUT2D eigenvalue weighted by Crippen LogP contribution is 2.21. The van der Waals surface area contributed by atoms with E-state index in [4.69, 9.17) is 5.26 Å². The summed E-state index contributed by atoms with van der Waals surface area (Å²) in [6.45, 7) is 4.04. The van der Waals surface area contributed by atoms with E-state index in [0.29, 0.717) is 5.69 Å². The van der Waals surface area contributed by atoms with Crippen molar-refractivity contribution in [3.8, 4) is 11.8 Å². The third-order valence-corrected chi connectivity index (χ3v) is 2.76. The molecule has 0 spiro atoms. The second-order valence-electron chi connectivity index (χ2n) is 4.41. The van der Waals surface area contributed by atoms with Crippen LogP contribution in [0.5, 0.6) is 0 Å². The first kappa shape index (κ1) is 12.8. The summed E-state index contributed by atoms with van der Waals surface area (Å²) >= 11 is 0. The lowest BCUT2D eigenvalue weighted by molar-refractivity contribution is -0.384. The lowest BCUT2D eigenvalue weighted by Gasteiger charge is -2.04. The molecule has 6 heteroatoms. The highest BCUT2D eigenvalue weighted by atomic mass is 16.6. The maximum absolute atomic E-state index is 10.7. The van der Waals surface area contributed by atoms with Crippen molar-refractivity contribution in [1.29, 1.82) is 5.26 Å². The molecule has 0 aliphatic carbocycles. The second-order valence-corrected chi connectivity index (χ2v) is 4.41. The molecule has 0 bridgehead atoms. The van der Waals surface area contributed by atoms with E-state index in [2.05, 4.69) is 5.10 Å². The first-order valence-electron chi connectivity index (χ1n) is 5.77. The van der Waals surface area contributed by atoms with Crippen LogP contribution in [0.4, 0.5) is 5.69 Å². The summed E-state index contributed by atoms with van der Waals surface area (Å²) in [6.07, 6.45) is 1.75. The number of hydrogen-bond acceptors (Lipinski definition) is 4. The Kier molecular flexibility index (Phi) is 3.29. The predicted octanol–water partition coefficient (Wildman–Crippen LogP) is 2.78. The molecule has 2 aromatic rings. The van der Waals surface area contributed by atoms with Gasteiger partial charge in [-0.2, -0.15) is 10.4 Å². The van der Waals surface area contributed by atoms with Crippen LogP contribution in [-0.4, -0.2) is 14.7 Å². The molecule has 0 fully saturated rings.